The Morgan fingerprint density at radius 1 is 1.33 bits per heavy atom. The number of amides is 1. The Kier molecular flexibility index (Phi) is 4.35. The zero-order chi connectivity index (χ0) is 17.3. The fourth-order valence-corrected chi connectivity index (χ4v) is 2.52. The van der Waals surface area contributed by atoms with Crippen LogP contribution in [-0.2, 0) is 11.3 Å². The van der Waals surface area contributed by atoms with Crippen LogP contribution in [0.5, 0.6) is 0 Å². The largest absolute Gasteiger partial charge is 0.320 e. The van der Waals surface area contributed by atoms with Crippen LogP contribution in [0.3, 0.4) is 0 Å². The number of hydrogen-bond donors (Lipinski definition) is 1. The molecule has 6 nitrogen and oxygen atoms in total. The molecule has 3 aromatic rings. The summed E-state index contributed by atoms with van der Waals surface area (Å²) in [5, 5.41) is 11.4. The fourth-order valence-electron chi connectivity index (χ4n) is 2.38. The van der Waals surface area contributed by atoms with Crippen molar-refractivity contribution in [2.45, 2.75) is 20.4 Å². The molecule has 8 heteroatoms. The quantitative estimate of drug-likeness (QED) is 0.788. The van der Waals surface area contributed by atoms with Crippen LogP contribution in [0.2, 0.25) is 5.02 Å². The van der Waals surface area contributed by atoms with Gasteiger partial charge in [0.2, 0.25) is 5.91 Å². The van der Waals surface area contributed by atoms with Crippen LogP contribution >= 0.6 is 11.6 Å². The first kappa shape index (κ1) is 16.2. The summed E-state index contributed by atoms with van der Waals surface area (Å²) >= 11 is 6.07. The van der Waals surface area contributed by atoms with E-state index in [0.717, 1.165) is 0 Å². The zero-order valence-corrected chi connectivity index (χ0v) is 13.9. The van der Waals surface area contributed by atoms with Gasteiger partial charge in [-0.25, -0.2) is 9.07 Å². The average Bonchev–Trinajstić information content (AvgIpc) is 3.15. The molecular formula is C16H15ClFN5O. The summed E-state index contributed by atoms with van der Waals surface area (Å²) in [7, 11) is 0. The minimum absolute atomic E-state index is 0.0632. The Bertz CT molecular complexity index is 888. The number of aryl methyl sites for hydroxylation is 1. The van der Waals surface area contributed by atoms with Gasteiger partial charge in [-0.1, -0.05) is 17.7 Å². The highest BCUT2D eigenvalue weighted by Gasteiger charge is 2.16. The molecule has 1 aromatic carbocycles. The lowest BCUT2D eigenvalue weighted by atomic mass is 10.2. The lowest BCUT2D eigenvalue weighted by molar-refractivity contribution is -0.117. The van der Waals surface area contributed by atoms with Crippen LogP contribution < -0.4 is 5.32 Å². The first-order chi connectivity index (χ1) is 11.5. The van der Waals surface area contributed by atoms with E-state index >= 15 is 0 Å². The number of benzene rings is 1. The molecule has 0 unspecified atom stereocenters. The van der Waals surface area contributed by atoms with E-state index < -0.39 is 11.7 Å². The van der Waals surface area contributed by atoms with Gasteiger partial charge in [0.05, 0.1) is 22.1 Å². The van der Waals surface area contributed by atoms with Crippen molar-refractivity contribution in [3.8, 4) is 5.69 Å². The highest BCUT2D eigenvalue weighted by Crippen LogP contribution is 2.24. The number of carbonyl (C=O) groups is 1. The molecule has 0 bridgehead atoms. The number of nitrogens with one attached hydrogen (secondary N) is 1. The van der Waals surface area contributed by atoms with Crippen LogP contribution in [0.15, 0.2) is 36.7 Å². The zero-order valence-electron chi connectivity index (χ0n) is 13.1. The number of aromatic nitrogens is 4. The van der Waals surface area contributed by atoms with Crippen LogP contribution in [-0.4, -0.2) is 25.5 Å². The van der Waals surface area contributed by atoms with E-state index in [9.17, 15) is 9.18 Å². The number of anilines is 1. The molecule has 0 radical (unpaired) electrons. The first-order valence-corrected chi connectivity index (χ1v) is 7.63. The summed E-state index contributed by atoms with van der Waals surface area (Å²) in [6, 6.07) is 6.23. The summed E-state index contributed by atoms with van der Waals surface area (Å²) in [6.07, 6.45) is 3.25. The third kappa shape index (κ3) is 3.03. The number of hydrogen-bond acceptors (Lipinski definition) is 3. The molecule has 3 rings (SSSR count). The lowest BCUT2D eigenvalue weighted by Gasteiger charge is -2.12. The summed E-state index contributed by atoms with van der Waals surface area (Å²) in [6.45, 7) is 3.47. The predicted octanol–water partition coefficient (Wildman–Crippen LogP) is 3.12. The number of halogens is 2. The lowest BCUT2D eigenvalue weighted by Crippen LogP contribution is -2.22. The molecule has 2 aromatic heterocycles. The number of nitrogens with zero attached hydrogens (tertiary/aromatic N) is 4. The van der Waals surface area contributed by atoms with Crippen molar-refractivity contribution in [3.05, 3.63) is 58.9 Å². The number of carbonyl (C=O) groups excluding carboxylic acids is 1. The Morgan fingerprint density at radius 3 is 2.75 bits per heavy atom. The minimum atomic E-state index is -0.539. The summed E-state index contributed by atoms with van der Waals surface area (Å²) in [5.41, 5.74) is 1.84. The third-order valence-corrected chi connectivity index (χ3v) is 4.14. The minimum Gasteiger partial charge on any atom is -0.320 e. The first-order valence-electron chi connectivity index (χ1n) is 7.25. The highest BCUT2D eigenvalue weighted by atomic mass is 35.5. The van der Waals surface area contributed by atoms with Crippen LogP contribution in [0.4, 0.5) is 10.1 Å². The maximum atomic E-state index is 14.2. The van der Waals surface area contributed by atoms with Crippen LogP contribution in [0, 0.1) is 19.7 Å². The molecule has 2 heterocycles. The molecule has 124 valence electrons. The second-order valence-electron chi connectivity index (χ2n) is 5.28. The van der Waals surface area contributed by atoms with Crippen LogP contribution in [0.25, 0.3) is 5.69 Å². The molecule has 0 spiro atoms. The van der Waals surface area contributed by atoms with Crippen molar-refractivity contribution >= 4 is 23.2 Å². The molecule has 0 fully saturated rings. The van der Waals surface area contributed by atoms with Crippen molar-refractivity contribution in [3.63, 3.8) is 0 Å². The van der Waals surface area contributed by atoms with E-state index in [2.05, 4.69) is 15.5 Å². The standard InChI is InChI=1S/C16H15ClFN5O/c1-10-15(17)11(2)23(21-10)9-14(24)20-16-12(18)5-3-6-13(16)22-8-4-7-19-22/h3-8H,9H2,1-2H3,(H,20,24). The van der Waals surface area contributed by atoms with E-state index in [4.69, 9.17) is 11.6 Å². The Balaban J connectivity index is 1.86. The van der Waals surface area contributed by atoms with E-state index in [0.29, 0.717) is 22.1 Å². The molecule has 1 amide bonds. The second-order valence-corrected chi connectivity index (χ2v) is 5.65. The maximum Gasteiger partial charge on any atom is 0.246 e. The number of rotatable bonds is 4. The topological polar surface area (TPSA) is 64.7 Å². The van der Waals surface area contributed by atoms with Gasteiger partial charge in [0.25, 0.3) is 0 Å². The monoisotopic (exact) mass is 347 g/mol. The van der Waals surface area contributed by atoms with E-state index in [-0.39, 0.29) is 12.2 Å². The summed E-state index contributed by atoms with van der Waals surface area (Å²) < 4.78 is 17.2. The third-order valence-electron chi connectivity index (χ3n) is 3.59. The normalized spacial score (nSPS) is 10.8. The van der Waals surface area contributed by atoms with Gasteiger partial charge >= 0.3 is 0 Å². The van der Waals surface area contributed by atoms with Gasteiger partial charge in [0.15, 0.2) is 0 Å². The molecule has 0 aliphatic carbocycles. The van der Waals surface area contributed by atoms with Gasteiger partial charge < -0.3 is 5.32 Å². The Hall–Kier alpha value is -2.67. The average molecular weight is 348 g/mol. The van der Waals surface area contributed by atoms with E-state index in [1.807, 2.05) is 0 Å². The molecule has 0 saturated carbocycles. The smallest absolute Gasteiger partial charge is 0.246 e. The highest BCUT2D eigenvalue weighted by molar-refractivity contribution is 6.31. The van der Waals surface area contributed by atoms with Crippen molar-refractivity contribution < 1.29 is 9.18 Å². The van der Waals surface area contributed by atoms with Gasteiger partial charge in [0, 0.05) is 12.4 Å². The molecule has 0 atom stereocenters. The van der Waals surface area contributed by atoms with Gasteiger partial charge in [-0.2, -0.15) is 10.2 Å². The Morgan fingerprint density at radius 2 is 2.12 bits per heavy atom. The van der Waals surface area contributed by atoms with Crippen molar-refractivity contribution in [2.75, 3.05) is 5.32 Å². The summed E-state index contributed by atoms with van der Waals surface area (Å²) in [5.74, 6) is -0.946. The Labute approximate surface area is 142 Å². The van der Waals surface area contributed by atoms with Gasteiger partial charge in [0.1, 0.15) is 18.0 Å². The fraction of sp³-hybridized carbons (Fsp3) is 0.188. The molecular weight excluding hydrogens is 333 g/mol. The van der Waals surface area contributed by atoms with E-state index in [1.54, 1.807) is 44.4 Å². The predicted molar refractivity (Wildman–Crippen MR) is 88.9 cm³/mol. The van der Waals surface area contributed by atoms with Crippen molar-refractivity contribution in [1.82, 2.24) is 19.6 Å². The molecule has 0 saturated heterocycles. The molecule has 24 heavy (non-hydrogen) atoms. The van der Waals surface area contributed by atoms with Gasteiger partial charge in [-0.3, -0.25) is 9.48 Å². The molecule has 0 aliphatic heterocycles. The van der Waals surface area contributed by atoms with Crippen molar-refractivity contribution in [1.29, 1.82) is 0 Å². The van der Waals surface area contributed by atoms with Gasteiger partial charge in [-0.15, -0.1) is 0 Å². The second kappa shape index (κ2) is 6.45. The van der Waals surface area contributed by atoms with Crippen molar-refractivity contribution in [2.24, 2.45) is 0 Å². The van der Waals surface area contributed by atoms with Gasteiger partial charge in [-0.05, 0) is 32.0 Å². The summed E-state index contributed by atoms with van der Waals surface area (Å²) in [4.78, 5) is 12.3. The molecule has 0 aliphatic rings. The van der Waals surface area contributed by atoms with Crippen LogP contribution in [0.1, 0.15) is 11.4 Å². The van der Waals surface area contributed by atoms with E-state index in [1.165, 1.54) is 15.4 Å². The maximum absolute atomic E-state index is 14.2. The molecule has 1 N–H and O–H groups in total. The number of para-hydroxylation sites is 1. The SMILES string of the molecule is Cc1nn(CC(=O)Nc2c(F)cccc2-n2cccn2)c(C)c1Cl.